The number of aryl methyl sites for hydroxylation is 1. The highest BCUT2D eigenvalue weighted by atomic mass is 16.4. The smallest absolute Gasteiger partial charge is 0.326 e. The van der Waals surface area contributed by atoms with Crippen molar-refractivity contribution in [1.82, 2.24) is 14.9 Å². The van der Waals surface area contributed by atoms with Crippen LogP contribution in [0.5, 0.6) is 0 Å². The molecule has 2 atom stereocenters. The minimum atomic E-state index is -1.17. The van der Waals surface area contributed by atoms with E-state index in [1.807, 2.05) is 0 Å². The van der Waals surface area contributed by atoms with E-state index in [1.165, 1.54) is 0 Å². The van der Waals surface area contributed by atoms with Crippen LogP contribution in [0.4, 0.5) is 0 Å². The van der Waals surface area contributed by atoms with Crippen LogP contribution in [-0.2, 0) is 32.6 Å². The van der Waals surface area contributed by atoms with Crippen molar-refractivity contribution in [3.05, 3.63) is 18.2 Å². The summed E-state index contributed by atoms with van der Waals surface area (Å²) in [5.74, 6) is -3.63. The van der Waals surface area contributed by atoms with E-state index >= 15 is 0 Å². The number of aliphatic carboxylic acids is 3. The molecule has 1 rings (SSSR count). The van der Waals surface area contributed by atoms with Crippen molar-refractivity contribution in [1.29, 1.82) is 0 Å². The Morgan fingerprint density at radius 2 is 1.81 bits per heavy atom. The number of hydrogen-bond donors (Lipinski definition) is 6. The largest absolute Gasteiger partial charge is 0.481 e. The van der Waals surface area contributed by atoms with Crippen LogP contribution >= 0.6 is 0 Å². The second-order valence-electron chi connectivity index (χ2n) is 5.57. The number of hydrogen-bond acceptors (Lipinski definition) is 7. The van der Waals surface area contributed by atoms with E-state index < -0.39 is 30.0 Å². The molecule has 0 saturated heterocycles. The Morgan fingerprint density at radius 3 is 2.22 bits per heavy atom. The third kappa shape index (κ3) is 10.6. The first kappa shape index (κ1) is 24.0. The first-order valence-corrected chi connectivity index (χ1v) is 7.96. The minimum Gasteiger partial charge on any atom is -0.481 e. The molecule has 0 fully saturated rings. The molecular formula is C15H25N5O7. The van der Waals surface area contributed by atoms with E-state index in [9.17, 15) is 19.2 Å². The minimum absolute atomic E-state index is 0.0231. The Balaban J connectivity index is 0.000000580. The molecule has 0 radical (unpaired) electrons. The van der Waals surface area contributed by atoms with Crippen molar-refractivity contribution < 1.29 is 34.5 Å². The van der Waals surface area contributed by atoms with Crippen LogP contribution in [0.15, 0.2) is 12.5 Å². The summed E-state index contributed by atoms with van der Waals surface area (Å²) in [7, 11) is 1.77. The van der Waals surface area contributed by atoms with E-state index in [-0.39, 0.29) is 38.1 Å². The van der Waals surface area contributed by atoms with Gasteiger partial charge in [0.15, 0.2) is 0 Å². The van der Waals surface area contributed by atoms with Gasteiger partial charge in [-0.3, -0.25) is 14.4 Å². The number of carboxylic acid groups (broad SMARTS) is 3. The molecule has 12 nitrogen and oxygen atoms in total. The zero-order valence-corrected chi connectivity index (χ0v) is 14.9. The lowest BCUT2D eigenvalue weighted by Crippen LogP contribution is -2.43. The molecule has 1 aromatic rings. The van der Waals surface area contributed by atoms with Gasteiger partial charge in [-0.1, -0.05) is 0 Å². The van der Waals surface area contributed by atoms with Gasteiger partial charge in [-0.15, -0.1) is 0 Å². The summed E-state index contributed by atoms with van der Waals surface area (Å²) in [6.45, 7) is 0.198. The van der Waals surface area contributed by atoms with Crippen molar-refractivity contribution in [3.63, 3.8) is 0 Å². The predicted octanol–water partition coefficient (Wildman–Crippen LogP) is -1.86. The maximum atomic E-state index is 11.3. The van der Waals surface area contributed by atoms with Crippen molar-refractivity contribution in [2.75, 3.05) is 6.54 Å². The molecule has 0 aliphatic heterocycles. The van der Waals surface area contributed by atoms with E-state index in [0.717, 1.165) is 5.69 Å². The topological polar surface area (TPSA) is 211 Å². The molecule has 1 aromatic heterocycles. The molecule has 1 heterocycles. The third-order valence-electron chi connectivity index (χ3n) is 3.32. The summed E-state index contributed by atoms with van der Waals surface area (Å²) in [6, 6.07) is -2.01. The highest BCUT2D eigenvalue weighted by molar-refractivity contribution is 5.83. The molecule has 8 N–H and O–H groups in total. The third-order valence-corrected chi connectivity index (χ3v) is 3.32. The standard InChI is InChI=1S/C10H16N4O3.C5H9NO4/c1-14-6-12-5-7(14)4-8(10(16)17)13-9(15)2-3-11;6-3(5(9)10)1-2-4(7)8/h5-6,8H,2-4,11H2,1H3,(H,13,15)(H,16,17);3H,1-2,6H2,(H,7,8)(H,9,10)/t8-;/m0./s1. The molecule has 1 amide bonds. The van der Waals surface area contributed by atoms with Gasteiger partial charge in [0.1, 0.15) is 12.1 Å². The van der Waals surface area contributed by atoms with Crippen LogP contribution in [0.25, 0.3) is 0 Å². The number of carbonyl (C=O) groups excluding carboxylic acids is 1. The first-order valence-electron chi connectivity index (χ1n) is 7.96. The summed E-state index contributed by atoms with van der Waals surface area (Å²) in [6.07, 6.45) is 3.25. The highest BCUT2D eigenvalue weighted by Crippen LogP contribution is 2.02. The van der Waals surface area contributed by atoms with Gasteiger partial charge in [-0.2, -0.15) is 0 Å². The van der Waals surface area contributed by atoms with Crippen LogP contribution in [-0.4, -0.2) is 67.3 Å². The van der Waals surface area contributed by atoms with Crippen molar-refractivity contribution in [3.8, 4) is 0 Å². The monoisotopic (exact) mass is 387 g/mol. The fourth-order valence-electron chi connectivity index (χ4n) is 1.79. The molecular weight excluding hydrogens is 362 g/mol. The SMILES string of the molecule is Cn1cncc1C[C@H](NC(=O)CCN)C(=O)O.NC(CCC(=O)O)C(=O)O. The van der Waals surface area contributed by atoms with Crippen LogP contribution in [0.3, 0.4) is 0 Å². The molecule has 0 aromatic carbocycles. The van der Waals surface area contributed by atoms with E-state index in [0.29, 0.717) is 0 Å². The Bertz CT molecular complexity index is 646. The van der Waals surface area contributed by atoms with Gasteiger partial charge in [0.05, 0.1) is 6.33 Å². The molecule has 12 heteroatoms. The average molecular weight is 387 g/mol. The molecule has 0 spiro atoms. The Morgan fingerprint density at radius 1 is 1.19 bits per heavy atom. The number of carboxylic acids is 3. The quantitative estimate of drug-likeness (QED) is 0.263. The van der Waals surface area contributed by atoms with E-state index in [2.05, 4.69) is 10.3 Å². The number of aromatic nitrogens is 2. The lowest BCUT2D eigenvalue weighted by molar-refractivity contribution is -0.142. The van der Waals surface area contributed by atoms with Crippen molar-refractivity contribution in [2.24, 2.45) is 18.5 Å². The number of imidazole rings is 1. The molecule has 0 aliphatic carbocycles. The zero-order valence-electron chi connectivity index (χ0n) is 14.9. The number of rotatable bonds is 10. The summed E-state index contributed by atoms with van der Waals surface area (Å²) < 4.78 is 1.71. The lowest BCUT2D eigenvalue weighted by atomic mass is 10.1. The molecule has 1 unspecified atom stereocenters. The molecule has 27 heavy (non-hydrogen) atoms. The summed E-state index contributed by atoms with van der Waals surface area (Å²) >= 11 is 0. The summed E-state index contributed by atoms with van der Waals surface area (Å²) in [5.41, 5.74) is 11.0. The lowest BCUT2D eigenvalue weighted by Gasteiger charge is -2.14. The van der Waals surface area contributed by atoms with Gasteiger partial charge in [0, 0.05) is 44.7 Å². The van der Waals surface area contributed by atoms with Gasteiger partial charge >= 0.3 is 17.9 Å². The average Bonchev–Trinajstić information content (AvgIpc) is 2.97. The Labute approximate surface area is 155 Å². The Hall–Kier alpha value is -2.99. The molecule has 0 saturated carbocycles. The van der Waals surface area contributed by atoms with Gasteiger partial charge in [0.25, 0.3) is 0 Å². The Kier molecular flexibility index (Phi) is 11.0. The number of nitrogens with one attached hydrogen (secondary N) is 1. The van der Waals surface area contributed by atoms with Gasteiger partial charge < -0.3 is 36.7 Å². The normalized spacial score (nSPS) is 12.3. The van der Waals surface area contributed by atoms with Gasteiger partial charge in [-0.25, -0.2) is 9.78 Å². The van der Waals surface area contributed by atoms with E-state index in [4.69, 9.17) is 26.8 Å². The van der Waals surface area contributed by atoms with Gasteiger partial charge in [0.2, 0.25) is 5.91 Å². The molecule has 152 valence electrons. The van der Waals surface area contributed by atoms with Crippen molar-refractivity contribution in [2.45, 2.75) is 37.8 Å². The number of amides is 1. The zero-order chi connectivity index (χ0) is 21.0. The second kappa shape index (κ2) is 12.4. The van der Waals surface area contributed by atoms with Crippen LogP contribution in [0, 0.1) is 0 Å². The van der Waals surface area contributed by atoms with Crippen LogP contribution < -0.4 is 16.8 Å². The molecule has 0 bridgehead atoms. The first-order chi connectivity index (χ1) is 12.6. The second-order valence-corrected chi connectivity index (χ2v) is 5.57. The summed E-state index contributed by atoms with van der Waals surface area (Å²) in [5, 5.41) is 27.7. The van der Waals surface area contributed by atoms with Crippen molar-refractivity contribution >= 4 is 23.8 Å². The number of carbonyl (C=O) groups is 4. The fraction of sp³-hybridized carbons (Fsp3) is 0.533. The van der Waals surface area contributed by atoms with Crippen LogP contribution in [0.2, 0.25) is 0 Å². The highest BCUT2D eigenvalue weighted by Gasteiger charge is 2.21. The van der Waals surface area contributed by atoms with E-state index in [1.54, 1.807) is 24.1 Å². The maximum absolute atomic E-state index is 11.3. The number of nitrogens with two attached hydrogens (primary N) is 2. The van der Waals surface area contributed by atoms with Gasteiger partial charge in [-0.05, 0) is 6.42 Å². The maximum Gasteiger partial charge on any atom is 0.326 e. The summed E-state index contributed by atoms with van der Waals surface area (Å²) in [4.78, 5) is 46.1. The fourth-order valence-corrected chi connectivity index (χ4v) is 1.79. The van der Waals surface area contributed by atoms with Crippen LogP contribution in [0.1, 0.15) is 25.0 Å². The molecule has 0 aliphatic rings. The predicted molar refractivity (Wildman–Crippen MR) is 92.6 cm³/mol. The number of nitrogens with zero attached hydrogens (tertiary/aromatic N) is 2.